The fourth-order valence-corrected chi connectivity index (χ4v) is 3.31. The van der Waals surface area contributed by atoms with Crippen LogP contribution in [0, 0.1) is 5.92 Å². The molecule has 0 saturated carbocycles. The molecule has 0 radical (unpaired) electrons. The van der Waals surface area contributed by atoms with Gasteiger partial charge in [-0.25, -0.2) is 0 Å². The van der Waals surface area contributed by atoms with E-state index >= 15 is 0 Å². The lowest BCUT2D eigenvalue weighted by Gasteiger charge is -2.32. The van der Waals surface area contributed by atoms with Crippen LogP contribution in [0.5, 0.6) is 0 Å². The van der Waals surface area contributed by atoms with Crippen LogP contribution in [0.1, 0.15) is 24.1 Å². The summed E-state index contributed by atoms with van der Waals surface area (Å²) in [6.07, 6.45) is 3.06. The molecule has 1 fully saturated rings. The van der Waals surface area contributed by atoms with Crippen molar-refractivity contribution in [3.05, 3.63) is 22.4 Å². The lowest BCUT2D eigenvalue weighted by molar-refractivity contribution is -0.135. The molecule has 0 bridgehead atoms. The summed E-state index contributed by atoms with van der Waals surface area (Å²) in [5.41, 5.74) is 5.39. The van der Waals surface area contributed by atoms with Gasteiger partial charge in [0.15, 0.2) is 0 Å². The molecule has 1 aromatic heterocycles. The van der Waals surface area contributed by atoms with Crippen molar-refractivity contribution < 1.29 is 9.59 Å². The van der Waals surface area contributed by atoms with Crippen LogP contribution in [0.25, 0.3) is 0 Å². The van der Waals surface area contributed by atoms with Crippen LogP contribution in [0.4, 0.5) is 0 Å². The number of hydrogen-bond acceptors (Lipinski definition) is 4. The maximum absolute atomic E-state index is 12.3. The Morgan fingerprint density at radius 1 is 1.45 bits per heavy atom. The molecule has 1 aliphatic rings. The third-order valence-electron chi connectivity index (χ3n) is 3.75. The summed E-state index contributed by atoms with van der Waals surface area (Å²) in [5, 5.41) is 4.84. The Morgan fingerprint density at radius 3 is 2.95 bits per heavy atom. The van der Waals surface area contributed by atoms with Gasteiger partial charge in [0.1, 0.15) is 0 Å². The molecule has 1 atom stereocenters. The molecule has 1 unspecified atom stereocenters. The minimum Gasteiger partial charge on any atom is -0.355 e. The summed E-state index contributed by atoms with van der Waals surface area (Å²) in [6, 6.07) is 4.06. The topological polar surface area (TPSA) is 75.4 Å². The fourth-order valence-electron chi connectivity index (χ4n) is 2.60. The quantitative estimate of drug-likeness (QED) is 0.818. The zero-order chi connectivity index (χ0) is 15.1. The number of amides is 2. The Morgan fingerprint density at radius 2 is 2.27 bits per heavy atom. The van der Waals surface area contributed by atoms with Crippen LogP contribution in [0.3, 0.4) is 0 Å². The Balaban J connectivity index is 0.00000242. The monoisotopic (exact) mass is 345 g/mol. The van der Waals surface area contributed by atoms with Crippen LogP contribution in [-0.2, 0) is 16.0 Å². The van der Waals surface area contributed by atoms with Crippen molar-refractivity contribution in [1.82, 2.24) is 10.2 Å². The first-order valence-corrected chi connectivity index (χ1v) is 8.36. The average molecular weight is 346 g/mol. The van der Waals surface area contributed by atoms with Gasteiger partial charge >= 0.3 is 0 Å². The van der Waals surface area contributed by atoms with Crippen LogP contribution < -0.4 is 11.1 Å². The summed E-state index contributed by atoms with van der Waals surface area (Å²) in [7, 11) is 0. The summed E-state index contributed by atoms with van der Waals surface area (Å²) < 4.78 is 0. The Bertz CT molecular complexity index is 467. The first-order chi connectivity index (χ1) is 10.2. The van der Waals surface area contributed by atoms with Crippen LogP contribution in [-0.4, -0.2) is 42.9 Å². The van der Waals surface area contributed by atoms with E-state index in [0.717, 1.165) is 25.8 Å². The number of nitrogens with zero attached hydrogens (tertiary/aromatic N) is 1. The number of likely N-dealkylation sites (tertiary alicyclic amines) is 1. The number of thiophene rings is 1. The van der Waals surface area contributed by atoms with Crippen molar-refractivity contribution in [2.75, 3.05) is 26.2 Å². The zero-order valence-electron chi connectivity index (χ0n) is 12.6. The second-order valence-electron chi connectivity index (χ2n) is 5.34. The number of carbonyl (C=O) groups is 2. The average Bonchev–Trinajstić information content (AvgIpc) is 3.03. The highest BCUT2D eigenvalue weighted by molar-refractivity contribution is 7.09. The van der Waals surface area contributed by atoms with Crippen molar-refractivity contribution in [3.8, 4) is 0 Å². The van der Waals surface area contributed by atoms with E-state index in [0.29, 0.717) is 26.1 Å². The summed E-state index contributed by atoms with van der Waals surface area (Å²) in [4.78, 5) is 27.3. The highest BCUT2D eigenvalue weighted by atomic mass is 35.5. The van der Waals surface area contributed by atoms with Crippen molar-refractivity contribution in [1.29, 1.82) is 0 Å². The van der Waals surface area contributed by atoms with Crippen molar-refractivity contribution in [3.63, 3.8) is 0 Å². The van der Waals surface area contributed by atoms with Gasteiger partial charge in [-0.2, -0.15) is 0 Å². The summed E-state index contributed by atoms with van der Waals surface area (Å²) >= 11 is 1.68. The molecular formula is C15H24ClN3O2S. The number of nitrogens with one attached hydrogen (secondary N) is 1. The Hall–Kier alpha value is -1.11. The predicted molar refractivity (Wildman–Crippen MR) is 91.3 cm³/mol. The van der Waals surface area contributed by atoms with Crippen molar-refractivity contribution >= 4 is 35.6 Å². The van der Waals surface area contributed by atoms with E-state index in [9.17, 15) is 9.59 Å². The number of hydrogen-bond donors (Lipinski definition) is 2. The standard InChI is InChI=1S/C15H23N3O2S.ClH/c16-7-8-17-15(20)12-3-1-9-18(11-12)14(19)6-5-13-4-2-10-21-13;/h2,4,10,12H,1,3,5-9,11,16H2,(H,17,20);1H. The molecule has 0 aliphatic carbocycles. The minimum atomic E-state index is -0.0870. The number of carbonyl (C=O) groups excluding carboxylic acids is 2. The Labute approximate surface area is 141 Å². The van der Waals surface area contributed by atoms with Gasteiger partial charge in [0.25, 0.3) is 0 Å². The van der Waals surface area contributed by atoms with Gasteiger partial charge in [-0.3, -0.25) is 9.59 Å². The van der Waals surface area contributed by atoms with Crippen molar-refractivity contribution in [2.24, 2.45) is 11.7 Å². The molecular weight excluding hydrogens is 322 g/mol. The number of aryl methyl sites for hydroxylation is 1. The molecule has 0 spiro atoms. The molecule has 1 aliphatic heterocycles. The molecule has 0 aromatic carbocycles. The number of rotatable bonds is 6. The van der Waals surface area contributed by atoms with E-state index in [1.54, 1.807) is 11.3 Å². The Kier molecular flexibility index (Phi) is 8.45. The smallest absolute Gasteiger partial charge is 0.224 e. The van der Waals surface area contributed by atoms with E-state index in [2.05, 4.69) is 11.4 Å². The van der Waals surface area contributed by atoms with Gasteiger partial charge in [-0.1, -0.05) is 6.07 Å². The SMILES string of the molecule is Cl.NCCNC(=O)C1CCCN(C(=O)CCc2cccs2)C1. The molecule has 7 heteroatoms. The van der Waals surface area contributed by atoms with Crippen LogP contribution >= 0.6 is 23.7 Å². The number of piperidine rings is 1. The molecule has 3 N–H and O–H groups in total. The van der Waals surface area contributed by atoms with Crippen LogP contribution in [0.15, 0.2) is 17.5 Å². The molecule has 2 rings (SSSR count). The number of halogens is 1. The summed E-state index contributed by atoms with van der Waals surface area (Å²) in [6.45, 7) is 2.26. The molecule has 5 nitrogen and oxygen atoms in total. The lowest BCUT2D eigenvalue weighted by Crippen LogP contribution is -2.46. The van der Waals surface area contributed by atoms with E-state index in [1.165, 1.54) is 4.88 Å². The first kappa shape index (κ1) is 18.9. The minimum absolute atomic E-state index is 0. The third-order valence-corrected chi connectivity index (χ3v) is 4.69. The molecule has 1 aromatic rings. The molecule has 2 amide bonds. The fraction of sp³-hybridized carbons (Fsp3) is 0.600. The number of nitrogens with two attached hydrogens (primary N) is 1. The normalized spacial score (nSPS) is 17.7. The predicted octanol–water partition coefficient (Wildman–Crippen LogP) is 1.42. The van der Waals surface area contributed by atoms with E-state index in [4.69, 9.17) is 5.73 Å². The van der Waals surface area contributed by atoms with Gasteiger partial charge in [0, 0.05) is 37.5 Å². The second-order valence-corrected chi connectivity index (χ2v) is 6.37. The highest BCUT2D eigenvalue weighted by Gasteiger charge is 2.27. The second kappa shape index (κ2) is 9.82. The highest BCUT2D eigenvalue weighted by Crippen LogP contribution is 2.18. The summed E-state index contributed by atoms with van der Waals surface area (Å²) in [5.74, 6) is 0.0897. The van der Waals surface area contributed by atoms with Gasteiger partial charge in [0.05, 0.1) is 5.92 Å². The van der Waals surface area contributed by atoms with Gasteiger partial charge in [-0.15, -0.1) is 23.7 Å². The maximum atomic E-state index is 12.3. The largest absolute Gasteiger partial charge is 0.355 e. The molecule has 124 valence electrons. The molecule has 1 saturated heterocycles. The van der Waals surface area contributed by atoms with Gasteiger partial charge in [0.2, 0.25) is 11.8 Å². The first-order valence-electron chi connectivity index (χ1n) is 7.48. The third kappa shape index (κ3) is 5.59. The van der Waals surface area contributed by atoms with Gasteiger partial charge < -0.3 is 16.0 Å². The molecule has 2 heterocycles. The lowest BCUT2D eigenvalue weighted by atomic mass is 9.96. The van der Waals surface area contributed by atoms with Crippen molar-refractivity contribution in [2.45, 2.75) is 25.7 Å². The van der Waals surface area contributed by atoms with Crippen LogP contribution in [0.2, 0.25) is 0 Å². The van der Waals surface area contributed by atoms with Gasteiger partial charge in [-0.05, 0) is 30.7 Å². The van der Waals surface area contributed by atoms with E-state index < -0.39 is 0 Å². The van der Waals surface area contributed by atoms with E-state index in [1.807, 2.05) is 16.3 Å². The maximum Gasteiger partial charge on any atom is 0.224 e. The van der Waals surface area contributed by atoms with E-state index in [-0.39, 0.29) is 30.1 Å². The molecule has 22 heavy (non-hydrogen) atoms. The zero-order valence-corrected chi connectivity index (χ0v) is 14.3.